The maximum absolute atomic E-state index is 5.80. The maximum Gasteiger partial charge on any atom is 0.222 e. The molecule has 4 rings (SSSR count). The van der Waals surface area contributed by atoms with E-state index in [0.29, 0.717) is 11.9 Å². The molecule has 6 heteroatoms. The topological polar surface area (TPSA) is 83.7 Å². The third-order valence-electron chi connectivity index (χ3n) is 4.62. The van der Waals surface area contributed by atoms with Crippen LogP contribution in [0.3, 0.4) is 0 Å². The summed E-state index contributed by atoms with van der Waals surface area (Å²) in [6.07, 6.45) is 3.34. The highest BCUT2D eigenvalue weighted by molar-refractivity contribution is 5.74. The van der Waals surface area contributed by atoms with Gasteiger partial charge < -0.3 is 15.6 Å². The molecule has 0 radical (unpaired) electrons. The number of aryl methyl sites for hydroxylation is 1. The van der Waals surface area contributed by atoms with Crippen molar-refractivity contribution in [1.29, 1.82) is 0 Å². The number of imidazole rings is 1. The fraction of sp³-hybridized carbons (Fsp3) is 0.389. The summed E-state index contributed by atoms with van der Waals surface area (Å²) in [7, 11) is 0. The van der Waals surface area contributed by atoms with Crippen molar-refractivity contribution in [3.05, 3.63) is 41.9 Å². The molecule has 6 nitrogen and oxygen atoms in total. The van der Waals surface area contributed by atoms with Crippen molar-refractivity contribution in [2.24, 2.45) is 5.92 Å². The van der Waals surface area contributed by atoms with Crippen molar-refractivity contribution in [1.82, 2.24) is 19.9 Å². The number of nitrogens with two attached hydrogens (primary N) is 1. The van der Waals surface area contributed by atoms with E-state index in [-0.39, 0.29) is 0 Å². The number of hydrogen-bond donors (Lipinski definition) is 2. The van der Waals surface area contributed by atoms with E-state index in [0.717, 1.165) is 54.3 Å². The quantitative estimate of drug-likeness (QED) is 0.774. The molecule has 0 saturated carbocycles. The molecule has 3 heterocycles. The van der Waals surface area contributed by atoms with Crippen LogP contribution in [0.25, 0.3) is 11.0 Å². The van der Waals surface area contributed by atoms with Gasteiger partial charge in [0, 0.05) is 31.3 Å². The van der Waals surface area contributed by atoms with E-state index in [1.54, 1.807) is 0 Å². The van der Waals surface area contributed by atoms with E-state index in [2.05, 4.69) is 32.0 Å². The van der Waals surface area contributed by atoms with Crippen molar-refractivity contribution in [2.45, 2.75) is 26.2 Å². The maximum atomic E-state index is 5.80. The van der Waals surface area contributed by atoms with Gasteiger partial charge in [-0.3, -0.25) is 0 Å². The molecule has 0 unspecified atom stereocenters. The Bertz CT molecular complexity index is 802. The molecule has 0 bridgehead atoms. The van der Waals surface area contributed by atoms with E-state index in [4.69, 9.17) is 10.7 Å². The molecule has 1 atom stereocenters. The van der Waals surface area contributed by atoms with Crippen LogP contribution in [0, 0.1) is 12.8 Å². The predicted molar refractivity (Wildman–Crippen MR) is 95.9 cm³/mol. The van der Waals surface area contributed by atoms with Crippen molar-refractivity contribution >= 4 is 22.8 Å². The Balaban J connectivity index is 1.50. The fourth-order valence-electron chi connectivity index (χ4n) is 3.55. The van der Waals surface area contributed by atoms with Crippen LogP contribution in [-0.2, 0) is 6.42 Å². The van der Waals surface area contributed by atoms with Gasteiger partial charge in [0.15, 0.2) is 0 Å². The molecule has 1 aliphatic rings. The number of nitrogen functional groups attached to an aromatic ring is 1. The number of aromatic nitrogens is 4. The average Bonchev–Trinajstić information content (AvgIpc) is 2.96. The molecular weight excluding hydrogens is 300 g/mol. The normalized spacial score (nSPS) is 18.2. The molecule has 1 aliphatic heterocycles. The van der Waals surface area contributed by atoms with E-state index in [1.165, 1.54) is 6.42 Å². The zero-order valence-corrected chi connectivity index (χ0v) is 13.9. The van der Waals surface area contributed by atoms with Gasteiger partial charge in [-0.15, -0.1) is 0 Å². The second-order valence-electron chi connectivity index (χ2n) is 6.58. The third kappa shape index (κ3) is 3.04. The Kier molecular flexibility index (Phi) is 3.80. The average molecular weight is 322 g/mol. The lowest BCUT2D eigenvalue weighted by Crippen LogP contribution is -2.37. The molecule has 3 N–H and O–H groups in total. The molecule has 0 spiro atoms. The van der Waals surface area contributed by atoms with Crippen molar-refractivity contribution in [2.75, 3.05) is 23.7 Å². The van der Waals surface area contributed by atoms with Crippen molar-refractivity contribution < 1.29 is 0 Å². The van der Waals surface area contributed by atoms with Gasteiger partial charge in [-0.25, -0.2) is 9.97 Å². The molecule has 0 aliphatic carbocycles. The zero-order valence-electron chi connectivity index (χ0n) is 13.9. The predicted octanol–water partition coefficient (Wildman–Crippen LogP) is 2.70. The molecule has 124 valence electrons. The van der Waals surface area contributed by atoms with E-state index >= 15 is 0 Å². The van der Waals surface area contributed by atoms with Gasteiger partial charge in [0.2, 0.25) is 5.95 Å². The number of aromatic amines is 1. The number of benzene rings is 1. The Morgan fingerprint density at radius 2 is 2.12 bits per heavy atom. The minimum Gasteiger partial charge on any atom is -0.368 e. The number of rotatable bonds is 3. The highest BCUT2D eigenvalue weighted by atomic mass is 15.2. The first-order valence-corrected chi connectivity index (χ1v) is 8.47. The minimum atomic E-state index is 0.351. The number of anilines is 2. The highest BCUT2D eigenvalue weighted by Gasteiger charge is 2.22. The lowest BCUT2D eigenvalue weighted by molar-refractivity contribution is 0.406. The Labute approximate surface area is 141 Å². The van der Waals surface area contributed by atoms with E-state index < -0.39 is 0 Å². The summed E-state index contributed by atoms with van der Waals surface area (Å²) in [5.41, 5.74) is 8.87. The summed E-state index contributed by atoms with van der Waals surface area (Å²) in [6.45, 7) is 3.96. The van der Waals surface area contributed by atoms with Crippen molar-refractivity contribution in [3.8, 4) is 0 Å². The number of hydrogen-bond acceptors (Lipinski definition) is 5. The summed E-state index contributed by atoms with van der Waals surface area (Å²) in [6, 6.07) is 10.2. The van der Waals surface area contributed by atoms with Gasteiger partial charge in [-0.05, 0) is 37.8 Å². The Morgan fingerprint density at radius 1 is 1.25 bits per heavy atom. The number of fused-ring (bicyclic) bond motifs is 1. The van der Waals surface area contributed by atoms with Gasteiger partial charge in [0.25, 0.3) is 0 Å². The molecule has 1 saturated heterocycles. The first-order valence-electron chi connectivity index (χ1n) is 8.47. The minimum absolute atomic E-state index is 0.351. The first kappa shape index (κ1) is 14.9. The SMILES string of the molecule is Cc1cc(N2CCC[C@@H](Cc3nc4ccccc4[nH]3)C2)nc(N)n1. The lowest BCUT2D eigenvalue weighted by atomic mass is 9.94. The standard InChI is InChI=1S/C18H22N6/c1-12-9-17(23-18(19)20-12)24-8-4-5-13(11-24)10-16-21-14-6-2-3-7-15(14)22-16/h2-3,6-7,9,13H,4-5,8,10-11H2,1H3,(H,21,22)(H2,19,20,23)/t13-/m0/s1. The smallest absolute Gasteiger partial charge is 0.222 e. The second kappa shape index (κ2) is 6.11. The van der Waals surface area contributed by atoms with Crippen molar-refractivity contribution in [3.63, 3.8) is 0 Å². The number of nitrogens with one attached hydrogen (secondary N) is 1. The molecule has 24 heavy (non-hydrogen) atoms. The van der Waals surface area contributed by atoms with Crippen LogP contribution in [0.15, 0.2) is 30.3 Å². The molecule has 2 aromatic heterocycles. The van der Waals surface area contributed by atoms with Gasteiger partial charge in [-0.2, -0.15) is 4.98 Å². The van der Waals surface area contributed by atoms with Gasteiger partial charge in [-0.1, -0.05) is 12.1 Å². The molecule has 1 fully saturated rings. The summed E-state index contributed by atoms with van der Waals surface area (Å²) in [5, 5.41) is 0. The summed E-state index contributed by atoms with van der Waals surface area (Å²) in [4.78, 5) is 19.0. The number of H-pyrrole nitrogens is 1. The first-order chi connectivity index (χ1) is 11.7. The number of nitrogens with zero attached hydrogens (tertiary/aromatic N) is 4. The third-order valence-corrected chi connectivity index (χ3v) is 4.62. The Hall–Kier alpha value is -2.63. The molecular formula is C18H22N6. The van der Waals surface area contributed by atoms with Crippen LogP contribution >= 0.6 is 0 Å². The van der Waals surface area contributed by atoms with E-state index in [9.17, 15) is 0 Å². The van der Waals surface area contributed by atoms with Crippen LogP contribution in [0.4, 0.5) is 11.8 Å². The van der Waals surface area contributed by atoms with Crippen LogP contribution < -0.4 is 10.6 Å². The molecule has 3 aromatic rings. The van der Waals surface area contributed by atoms with Crippen LogP contribution in [0.5, 0.6) is 0 Å². The molecule has 0 amide bonds. The fourth-order valence-corrected chi connectivity index (χ4v) is 3.55. The Morgan fingerprint density at radius 3 is 2.96 bits per heavy atom. The van der Waals surface area contributed by atoms with Crippen LogP contribution in [-0.4, -0.2) is 33.0 Å². The molecule has 1 aromatic carbocycles. The second-order valence-corrected chi connectivity index (χ2v) is 6.58. The van der Waals surface area contributed by atoms with Gasteiger partial charge >= 0.3 is 0 Å². The zero-order chi connectivity index (χ0) is 16.5. The lowest BCUT2D eigenvalue weighted by Gasteiger charge is -2.33. The van der Waals surface area contributed by atoms with Gasteiger partial charge in [0.05, 0.1) is 11.0 Å². The van der Waals surface area contributed by atoms with Crippen LogP contribution in [0.1, 0.15) is 24.4 Å². The summed E-state index contributed by atoms with van der Waals surface area (Å²) >= 11 is 0. The number of piperidine rings is 1. The summed E-state index contributed by atoms with van der Waals surface area (Å²) in [5.74, 6) is 2.93. The monoisotopic (exact) mass is 322 g/mol. The number of para-hydroxylation sites is 2. The summed E-state index contributed by atoms with van der Waals surface area (Å²) < 4.78 is 0. The van der Waals surface area contributed by atoms with Gasteiger partial charge in [0.1, 0.15) is 11.6 Å². The highest BCUT2D eigenvalue weighted by Crippen LogP contribution is 2.25. The largest absolute Gasteiger partial charge is 0.368 e. The van der Waals surface area contributed by atoms with Crippen LogP contribution in [0.2, 0.25) is 0 Å². The van der Waals surface area contributed by atoms with E-state index in [1.807, 2.05) is 25.1 Å².